The summed E-state index contributed by atoms with van der Waals surface area (Å²) in [5, 5.41) is 18.4. The highest BCUT2D eigenvalue weighted by atomic mass is 79.9. The zero-order chi connectivity index (χ0) is 24.4. The van der Waals surface area contributed by atoms with Gasteiger partial charge in [-0.1, -0.05) is 39.5 Å². The van der Waals surface area contributed by atoms with Gasteiger partial charge in [0.2, 0.25) is 0 Å². The van der Waals surface area contributed by atoms with E-state index >= 15 is 0 Å². The summed E-state index contributed by atoms with van der Waals surface area (Å²) in [6, 6.07) is 8.61. The molecule has 0 atom stereocenters. The van der Waals surface area contributed by atoms with Crippen LogP contribution in [0, 0.1) is 0 Å². The number of aliphatic hydroxyl groups excluding tert-OH is 2. The molecule has 0 amide bonds. The molecule has 2 aromatic carbocycles. The van der Waals surface area contributed by atoms with Crippen molar-refractivity contribution >= 4 is 63.7 Å². The first-order valence-corrected chi connectivity index (χ1v) is 14.5. The van der Waals surface area contributed by atoms with Crippen molar-refractivity contribution in [2.75, 3.05) is 26.4 Å². The number of benzene rings is 2. The van der Waals surface area contributed by atoms with Crippen molar-refractivity contribution in [1.82, 2.24) is 0 Å². The van der Waals surface area contributed by atoms with E-state index in [0.717, 1.165) is 56.4 Å². The maximum Gasteiger partial charge on any atom is 0.147 e. The standard InChI is InChI=1S/C25H32Br4O4/c1-3-5-7-25(8-6-4-2,17-13-19(26)23(20(27)14-17)32-11-9-30)18-15-21(28)24(22(29)16-18)33-12-10-31/h13-16,30-31H,3-12H2,1-2H3. The van der Waals surface area contributed by atoms with Gasteiger partial charge < -0.3 is 19.7 Å². The highest BCUT2D eigenvalue weighted by Gasteiger charge is 2.35. The van der Waals surface area contributed by atoms with E-state index in [1.54, 1.807) is 0 Å². The van der Waals surface area contributed by atoms with Crippen LogP contribution in [0.4, 0.5) is 0 Å². The lowest BCUT2D eigenvalue weighted by Gasteiger charge is -2.37. The lowest BCUT2D eigenvalue weighted by atomic mass is 9.68. The summed E-state index contributed by atoms with van der Waals surface area (Å²) in [6.07, 6.45) is 6.42. The molecule has 0 bridgehead atoms. The first kappa shape index (κ1) is 29.1. The van der Waals surface area contributed by atoms with Gasteiger partial charge in [0.15, 0.2) is 0 Å². The summed E-state index contributed by atoms with van der Waals surface area (Å²) in [4.78, 5) is 0. The molecule has 4 nitrogen and oxygen atoms in total. The third-order valence-corrected chi connectivity index (χ3v) is 8.05. The number of aliphatic hydroxyl groups is 2. The van der Waals surface area contributed by atoms with Crippen molar-refractivity contribution in [2.24, 2.45) is 0 Å². The van der Waals surface area contributed by atoms with E-state index in [2.05, 4.69) is 102 Å². The summed E-state index contributed by atoms with van der Waals surface area (Å²) in [7, 11) is 0. The molecule has 2 rings (SSSR count). The molecule has 0 spiro atoms. The number of hydrogen-bond donors (Lipinski definition) is 2. The van der Waals surface area contributed by atoms with Crippen molar-refractivity contribution in [3.05, 3.63) is 53.3 Å². The lowest BCUT2D eigenvalue weighted by Crippen LogP contribution is -2.28. The Balaban J connectivity index is 2.69. The third-order valence-electron chi connectivity index (χ3n) is 5.69. The molecule has 0 aliphatic carbocycles. The van der Waals surface area contributed by atoms with Crippen LogP contribution in [0.25, 0.3) is 0 Å². The number of hydrogen-bond acceptors (Lipinski definition) is 4. The van der Waals surface area contributed by atoms with Crippen LogP contribution in [0.1, 0.15) is 63.5 Å². The van der Waals surface area contributed by atoms with Gasteiger partial charge in [-0.05, 0) is 112 Å². The van der Waals surface area contributed by atoms with Crippen molar-refractivity contribution in [3.63, 3.8) is 0 Å². The molecule has 33 heavy (non-hydrogen) atoms. The molecule has 0 radical (unpaired) electrons. The Morgan fingerprint density at radius 3 is 1.27 bits per heavy atom. The van der Waals surface area contributed by atoms with Crippen molar-refractivity contribution in [3.8, 4) is 11.5 Å². The van der Waals surface area contributed by atoms with Crippen LogP contribution >= 0.6 is 63.7 Å². The lowest BCUT2D eigenvalue weighted by molar-refractivity contribution is 0.199. The zero-order valence-electron chi connectivity index (χ0n) is 19.1. The fourth-order valence-electron chi connectivity index (χ4n) is 4.07. The quantitative estimate of drug-likeness (QED) is 0.207. The van der Waals surface area contributed by atoms with Crippen LogP contribution in [0.15, 0.2) is 42.2 Å². The van der Waals surface area contributed by atoms with E-state index in [9.17, 15) is 10.2 Å². The predicted molar refractivity (Wildman–Crippen MR) is 149 cm³/mol. The van der Waals surface area contributed by atoms with Crippen LogP contribution in [0.3, 0.4) is 0 Å². The minimum Gasteiger partial charge on any atom is -0.489 e. The Morgan fingerprint density at radius 2 is 1.00 bits per heavy atom. The van der Waals surface area contributed by atoms with E-state index in [1.165, 1.54) is 11.1 Å². The van der Waals surface area contributed by atoms with Crippen LogP contribution in [0.5, 0.6) is 11.5 Å². The van der Waals surface area contributed by atoms with Crippen LogP contribution in [0.2, 0.25) is 0 Å². The molecule has 0 saturated heterocycles. The summed E-state index contributed by atoms with van der Waals surface area (Å²) in [5.41, 5.74) is 2.22. The molecule has 0 aliphatic heterocycles. The predicted octanol–water partition coefficient (Wildman–Crippen LogP) is 8.15. The molecule has 8 heteroatoms. The maximum absolute atomic E-state index is 9.18. The second-order valence-electron chi connectivity index (χ2n) is 7.97. The molecule has 0 aliphatic rings. The normalized spacial score (nSPS) is 11.6. The molecule has 0 aromatic heterocycles. The van der Waals surface area contributed by atoms with E-state index < -0.39 is 0 Å². The van der Waals surface area contributed by atoms with Gasteiger partial charge in [-0.2, -0.15) is 0 Å². The second-order valence-corrected chi connectivity index (χ2v) is 11.4. The monoisotopic (exact) mass is 712 g/mol. The summed E-state index contributed by atoms with van der Waals surface area (Å²) in [5.74, 6) is 1.39. The SMILES string of the molecule is CCCCC(CCCC)(c1cc(Br)c(OCCO)c(Br)c1)c1cc(Br)c(OCCO)c(Br)c1. The van der Waals surface area contributed by atoms with Crippen LogP contribution in [-0.4, -0.2) is 36.6 Å². The number of halogens is 4. The summed E-state index contributed by atoms with van der Waals surface area (Å²) < 4.78 is 14.9. The molecule has 2 N–H and O–H groups in total. The molecule has 2 aromatic rings. The molecule has 0 saturated carbocycles. The first-order chi connectivity index (χ1) is 15.8. The van der Waals surface area contributed by atoms with Crippen LogP contribution in [-0.2, 0) is 5.41 Å². The number of unbranched alkanes of at least 4 members (excludes halogenated alkanes) is 2. The molecule has 184 valence electrons. The van der Waals surface area contributed by atoms with E-state index in [0.29, 0.717) is 11.5 Å². The Bertz CT molecular complexity index is 784. The molecule has 0 fully saturated rings. The third kappa shape index (κ3) is 7.43. The van der Waals surface area contributed by atoms with Gasteiger partial charge in [-0.3, -0.25) is 0 Å². The van der Waals surface area contributed by atoms with Gasteiger partial charge in [0, 0.05) is 5.41 Å². The number of ether oxygens (including phenoxy) is 2. The number of rotatable bonds is 14. The highest BCUT2D eigenvalue weighted by molar-refractivity contribution is 9.11. The van der Waals surface area contributed by atoms with Gasteiger partial charge in [0.1, 0.15) is 24.7 Å². The minimum absolute atomic E-state index is 0.0374. The minimum atomic E-state index is -0.201. The molecule has 0 heterocycles. The zero-order valence-corrected chi connectivity index (χ0v) is 25.4. The van der Waals surface area contributed by atoms with Crippen LogP contribution < -0.4 is 9.47 Å². The second kappa shape index (κ2) is 14.4. The topological polar surface area (TPSA) is 58.9 Å². The molecular formula is C25H32Br4O4. The van der Waals surface area contributed by atoms with E-state index in [4.69, 9.17) is 9.47 Å². The highest BCUT2D eigenvalue weighted by Crippen LogP contribution is 2.48. The van der Waals surface area contributed by atoms with Gasteiger partial charge >= 0.3 is 0 Å². The Hall–Kier alpha value is -0.120. The fourth-order valence-corrected chi connectivity index (χ4v) is 6.90. The smallest absolute Gasteiger partial charge is 0.147 e. The fraction of sp³-hybridized carbons (Fsp3) is 0.520. The Kier molecular flexibility index (Phi) is 12.7. The average molecular weight is 716 g/mol. The molecular weight excluding hydrogens is 684 g/mol. The van der Waals surface area contributed by atoms with Gasteiger partial charge in [0.05, 0.1) is 31.1 Å². The van der Waals surface area contributed by atoms with Gasteiger partial charge in [-0.25, -0.2) is 0 Å². The van der Waals surface area contributed by atoms with E-state index in [-0.39, 0.29) is 31.8 Å². The summed E-state index contributed by atoms with van der Waals surface area (Å²) >= 11 is 14.8. The van der Waals surface area contributed by atoms with E-state index in [1.807, 2.05) is 0 Å². The first-order valence-electron chi connectivity index (χ1n) is 11.3. The van der Waals surface area contributed by atoms with Crippen molar-refractivity contribution in [1.29, 1.82) is 0 Å². The average Bonchev–Trinajstić information content (AvgIpc) is 2.78. The van der Waals surface area contributed by atoms with Crippen molar-refractivity contribution < 1.29 is 19.7 Å². The Morgan fingerprint density at radius 1 is 0.667 bits per heavy atom. The van der Waals surface area contributed by atoms with Gasteiger partial charge in [0.25, 0.3) is 0 Å². The largest absolute Gasteiger partial charge is 0.489 e. The maximum atomic E-state index is 9.18. The van der Waals surface area contributed by atoms with Gasteiger partial charge in [-0.15, -0.1) is 0 Å². The summed E-state index contributed by atoms with van der Waals surface area (Å²) in [6.45, 7) is 4.85. The van der Waals surface area contributed by atoms with Crippen molar-refractivity contribution in [2.45, 2.75) is 57.8 Å². The molecule has 0 unspecified atom stereocenters. The Labute approximate surface area is 231 Å².